The van der Waals surface area contributed by atoms with Crippen LogP contribution in [0.3, 0.4) is 0 Å². The fourth-order valence-corrected chi connectivity index (χ4v) is 25.0. The molecule has 0 atom stereocenters. The summed E-state index contributed by atoms with van der Waals surface area (Å²) in [5, 5.41) is 41.8. The molecule has 0 N–H and O–H groups in total. The van der Waals surface area contributed by atoms with E-state index in [2.05, 4.69) is 528 Å². The predicted molar refractivity (Wildman–Crippen MR) is 635 cm³/mol. The van der Waals surface area contributed by atoms with Gasteiger partial charge in [-0.25, -0.2) is 0 Å². The summed E-state index contributed by atoms with van der Waals surface area (Å²) in [4.78, 5) is 0. The average Bonchev–Trinajstić information content (AvgIpc) is 1.39. The maximum atomic E-state index is 6.71. The van der Waals surface area contributed by atoms with Crippen LogP contribution in [0.1, 0.15) is 0 Å². The minimum Gasteiger partial charge on any atom is -0.456 e. The quantitative estimate of drug-likeness (QED) is 0.107. The third-order valence-corrected chi connectivity index (χ3v) is 31.5. The van der Waals surface area contributed by atoms with Crippen LogP contribution in [0.2, 0.25) is 0 Å². The van der Waals surface area contributed by atoms with Crippen LogP contribution in [0.15, 0.2) is 547 Å². The number of hydrogen-bond acceptors (Lipinski definition) is 3. The summed E-state index contributed by atoms with van der Waals surface area (Å²) in [5.41, 5.74) is 27.3. The van der Waals surface area contributed by atoms with E-state index >= 15 is 0 Å². The molecular formula is C146H88O3. The maximum Gasteiger partial charge on any atom is 0.143 e. The van der Waals surface area contributed by atoms with Crippen LogP contribution in [0.25, 0.3) is 317 Å². The Hall–Kier alpha value is -19.6. The van der Waals surface area contributed by atoms with Gasteiger partial charge in [0.15, 0.2) is 0 Å². The molecule has 0 aliphatic heterocycles. The molecule has 0 spiro atoms. The van der Waals surface area contributed by atoms with Crippen molar-refractivity contribution in [3.8, 4) is 100 Å². The molecule has 3 heterocycles. The molecule has 29 aromatic carbocycles. The molecule has 0 saturated carbocycles. The maximum absolute atomic E-state index is 6.71. The monoisotopic (exact) mass is 1890 g/mol. The lowest BCUT2D eigenvalue weighted by atomic mass is 9.82. The summed E-state index contributed by atoms with van der Waals surface area (Å²) >= 11 is 0. The summed E-state index contributed by atoms with van der Waals surface area (Å²) in [5.74, 6) is 0. The van der Waals surface area contributed by atoms with E-state index in [4.69, 9.17) is 13.3 Å². The molecule has 0 fully saturated rings. The molecule has 3 nitrogen and oxygen atoms in total. The standard InChI is InChI=1S/2C50H30O.C46H28O/c1-3-16-34-31(13-1)15-11-24-37(34)43-25-12-26-44-45-30-33(27-28-47(45)51-50(43)44)48-39-20-7-9-22-41(39)49(42-23-10-8-21-40(42)48)46-29-32-14-2-4-17-35(32)36-18-5-6-19-38(36)46;1-3-17-34-31(14-1)16-13-26-37(34)45-29-33(30-46-39-21-11-12-27-47(39)51-50(45)46)48-40-22-7-9-24-42(40)49(43-25-10-8-23-41(43)48)44-28-32-15-2-4-18-35(32)36-19-5-6-20-38(36)44;1-2-14-29(15-3-1)39-28-44-40(34-20-12-13-25-43(34)47-44)27-42(39)46-37-23-10-8-21-35(37)45(36-22-9-11-24-38(36)46)41-26-30-16-4-5-17-31(30)32-18-6-7-19-33(32)41/h2*1-30H;1-28H. The van der Waals surface area contributed by atoms with Gasteiger partial charge in [0.2, 0.25) is 0 Å². The van der Waals surface area contributed by atoms with Gasteiger partial charge in [-0.3, -0.25) is 0 Å². The summed E-state index contributed by atoms with van der Waals surface area (Å²) in [6.45, 7) is 0. The summed E-state index contributed by atoms with van der Waals surface area (Å²) in [6, 6.07) is 194. The summed E-state index contributed by atoms with van der Waals surface area (Å²) < 4.78 is 19.8. The largest absolute Gasteiger partial charge is 0.456 e. The molecule has 0 aliphatic rings. The molecular weight excluding hydrogens is 1800 g/mol. The van der Waals surface area contributed by atoms with E-state index < -0.39 is 0 Å². The minimum atomic E-state index is 0.898. The van der Waals surface area contributed by atoms with Crippen molar-refractivity contribution in [3.05, 3.63) is 534 Å². The molecule has 149 heavy (non-hydrogen) atoms. The Morgan fingerprint density at radius 3 is 0.812 bits per heavy atom. The van der Waals surface area contributed by atoms with Gasteiger partial charge in [0.05, 0.1) is 0 Å². The first-order valence-corrected chi connectivity index (χ1v) is 51.4. The van der Waals surface area contributed by atoms with Crippen molar-refractivity contribution in [1.82, 2.24) is 0 Å². The van der Waals surface area contributed by atoms with Gasteiger partial charge < -0.3 is 13.3 Å². The van der Waals surface area contributed by atoms with Crippen molar-refractivity contribution in [1.29, 1.82) is 0 Å². The van der Waals surface area contributed by atoms with Gasteiger partial charge >= 0.3 is 0 Å². The van der Waals surface area contributed by atoms with E-state index in [1.54, 1.807) is 0 Å². The van der Waals surface area contributed by atoms with Gasteiger partial charge in [-0.05, 0) is 307 Å². The lowest BCUT2D eigenvalue weighted by Crippen LogP contribution is -1.94. The number of rotatable bonds is 9. The van der Waals surface area contributed by atoms with E-state index in [1.807, 2.05) is 6.07 Å². The van der Waals surface area contributed by atoms with Gasteiger partial charge in [0.1, 0.15) is 33.5 Å². The Morgan fingerprint density at radius 1 is 0.0940 bits per heavy atom. The first-order valence-electron chi connectivity index (χ1n) is 51.4. The van der Waals surface area contributed by atoms with Gasteiger partial charge in [-0.1, -0.05) is 467 Å². The molecule has 690 valence electrons. The van der Waals surface area contributed by atoms with Gasteiger partial charge in [-0.15, -0.1) is 0 Å². The smallest absolute Gasteiger partial charge is 0.143 e. The fraction of sp³-hybridized carbons (Fsp3) is 0. The fourth-order valence-electron chi connectivity index (χ4n) is 25.0. The Labute approximate surface area is 857 Å². The van der Waals surface area contributed by atoms with Gasteiger partial charge in [0, 0.05) is 43.4 Å². The zero-order valence-electron chi connectivity index (χ0n) is 81.0. The van der Waals surface area contributed by atoms with Crippen LogP contribution in [-0.2, 0) is 0 Å². The second-order valence-electron chi connectivity index (χ2n) is 39.5. The average molecular weight is 1890 g/mol. The lowest BCUT2D eigenvalue weighted by molar-refractivity contribution is 0.669. The molecule has 0 radical (unpaired) electrons. The predicted octanol–water partition coefficient (Wildman–Crippen LogP) is 41.9. The van der Waals surface area contributed by atoms with Crippen molar-refractivity contribution >= 4 is 217 Å². The zero-order valence-corrected chi connectivity index (χ0v) is 81.0. The van der Waals surface area contributed by atoms with E-state index in [-0.39, 0.29) is 0 Å². The third-order valence-electron chi connectivity index (χ3n) is 31.5. The molecule has 0 aliphatic carbocycles. The second-order valence-corrected chi connectivity index (χ2v) is 39.5. The molecule has 0 saturated heterocycles. The SMILES string of the molecule is c1ccc(-c2cc3oc4ccccc4c3cc2-c2c3ccccc3c(-c3cc4ccccc4c4ccccc34)c3ccccc23)cc1.c1ccc2c(-c3cc(-c4c5ccccc5c(-c5cc6ccccc6c6ccccc56)c5ccccc45)cc4c3oc3ccccc34)cccc2c1.c1ccc2c(-c3cccc4c3oc3ccc(-c5c6ccccc6c(-c6cc7ccccc7c7ccccc67)c6ccccc56)cc34)cccc2c1. The number of benzene rings is 29. The van der Waals surface area contributed by atoms with Crippen LogP contribution in [0, 0.1) is 0 Å². The highest BCUT2D eigenvalue weighted by Crippen LogP contribution is 2.56. The highest BCUT2D eigenvalue weighted by Gasteiger charge is 2.29. The molecule has 0 bridgehead atoms. The Kier molecular flexibility index (Phi) is 19.8. The van der Waals surface area contributed by atoms with E-state index in [9.17, 15) is 0 Å². The first kappa shape index (κ1) is 85.0. The Bertz CT molecular complexity index is 11100. The molecule has 0 amide bonds. The van der Waals surface area contributed by atoms with Crippen LogP contribution >= 0.6 is 0 Å². The van der Waals surface area contributed by atoms with Crippen LogP contribution < -0.4 is 0 Å². The van der Waals surface area contributed by atoms with Crippen molar-refractivity contribution in [2.75, 3.05) is 0 Å². The van der Waals surface area contributed by atoms with E-state index in [0.717, 1.165) is 82.5 Å². The van der Waals surface area contributed by atoms with Crippen molar-refractivity contribution in [3.63, 3.8) is 0 Å². The zero-order chi connectivity index (χ0) is 97.8. The summed E-state index contributed by atoms with van der Waals surface area (Å²) in [6.07, 6.45) is 0. The third kappa shape index (κ3) is 13.7. The highest BCUT2D eigenvalue weighted by atomic mass is 16.3. The number of hydrogen-bond donors (Lipinski definition) is 0. The molecule has 0 unspecified atom stereocenters. The van der Waals surface area contributed by atoms with Gasteiger partial charge in [-0.2, -0.15) is 0 Å². The van der Waals surface area contributed by atoms with Gasteiger partial charge in [0.25, 0.3) is 0 Å². The first-order chi connectivity index (χ1) is 74.0. The molecule has 3 heteroatoms. The number of para-hydroxylation sites is 3. The van der Waals surface area contributed by atoms with Crippen molar-refractivity contribution < 1.29 is 13.3 Å². The van der Waals surface area contributed by atoms with Crippen LogP contribution in [0.4, 0.5) is 0 Å². The topological polar surface area (TPSA) is 39.4 Å². The van der Waals surface area contributed by atoms with Crippen molar-refractivity contribution in [2.24, 2.45) is 0 Å². The Balaban J connectivity index is 0.000000103. The van der Waals surface area contributed by atoms with E-state index in [0.29, 0.717) is 0 Å². The second kappa shape index (κ2) is 34.6. The van der Waals surface area contributed by atoms with Crippen molar-refractivity contribution in [2.45, 2.75) is 0 Å². The molecule has 3 aromatic heterocycles. The lowest BCUT2D eigenvalue weighted by Gasteiger charge is -2.21. The number of furan rings is 3. The van der Waals surface area contributed by atoms with E-state index in [1.165, 1.54) is 234 Å². The minimum absolute atomic E-state index is 0.898. The van der Waals surface area contributed by atoms with Crippen LogP contribution in [-0.4, -0.2) is 0 Å². The molecule has 32 rings (SSSR count). The van der Waals surface area contributed by atoms with Crippen LogP contribution in [0.5, 0.6) is 0 Å². The molecule has 32 aromatic rings. The highest BCUT2D eigenvalue weighted by molar-refractivity contribution is 6.32. The normalized spacial score (nSPS) is 11.9. The Morgan fingerprint density at radius 2 is 0.376 bits per heavy atom. The number of fused-ring (bicyclic) bond motifs is 26. The summed E-state index contributed by atoms with van der Waals surface area (Å²) in [7, 11) is 0.